The number of carbonyl (C=O) groups is 1. The Kier molecular flexibility index (Phi) is 7.26. The van der Waals surface area contributed by atoms with Gasteiger partial charge in [-0.1, -0.05) is 0 Å². The zero-order valence-corrected chi connectivity index (χ0v) is 18.1. The number of likely N-dealkylation sites (N-methyl/N-ethyl adjacent to an activating group) is 1. The van der Waals surface area contributed by atoms with Crippen LogP contribution in [0.2, 0.25) is 0 Å². The standard InChI is InChI=1S/C20H31FN4O3S/c1-22(2)11-12-23-13-15-24(16-14-23)20(26)17-7-9-25(10-8-17)29(27,28)19-5-3-18(21)4-6-19/h3-6,17H,7-16H2,1-2H3. The van der Waals surface area contributed by atoms with Crippen molar-refractivity contribution in [1.82, 2.24) is 19.0 Å². The van der Waals surface area contributed by atoms with E-state index in [0.717, 1.165) is 51.4 Å². The number of hydrogen-bond donors (Lipinski definition) is 0. The first-order valence-corrected chi connectivity index (χ1v) is 11.6. The monoisotopic (exact) mass is 426 g/mol. The van der Waals surface area contributed by atoms with Crippen LogP contribution in [0.4, 0.5) is 4.39 Å². The van der Waals surface area contributed by atoms with Gasteiger partial charge in [-0.05, 0) is 51.2 Å². The van der Waals surface area contributed by atoms with E-state index in [1.807, 2.05) is 4.90 Å². The lowest BCUT2D eigenvalue weighted by atomic mass is 9.96. The molecule has 1 amide bonds. The van der Waals surface area contributed by atoms with E-state index in [2.05, 4.69) is 23.9 Å². The molecule has 2 fully saturated rings. The molecule has 3 rings (SSSR count). The number of hydrogen-bond acceptors (Lipinski definition) is 5. The number of piperidine rings is 1. The van der Waals surface area contributed by atoms with Crippen LogP contribution in [0.1, 0.15) is 12.8 Å². The Morgan fingerprint density at radius 2 is 1.62 bits per heavy atom. The molecule has 7 nitrogen and oxygen atoms in total. The summed E-state index contributed by atoms with van der Waals surface area (Å²) in [4.78, 5) is 19.4. The zero-order chi connectivity index (χ0) is 21.0. The van der Waals surface area contributed by atoms with Crippen LogP contribution in [0.3, 0.4) is 0 Å². The summed E-state index contributed by atoms with van der Waals surface area (Å²) in [5.41, 5.74) is 0. The van der Waals surface area contributed by atoms with Crippen molar-refractivity contribution in [1.29, 1.82) is 0 Å². The third-order valence-electron chi connectivity index (χ3n) is 5.80. The van der Waals surface area contributed by atoms with Gasteiger partial charge in [-0.25, -0.2) is 12.8 Å². The van der Waals surface area contributed by atoms with Crippen LogP contribution in [0.25, 0.3) is 0 Å². The largest absolute Gasteiger partial charge is 0.340 e. The highest BCUT2D eigenvalue weighted by Gasteiger charge is 2.34. The molecule has 2 aliphatic heterocycles. The maximum atomic E-state index is 13.1. The first-order valence-electron chi connectivity index (χ1n) is 10.2. The molecule has 2 aliphatic rings. The molecule has 0 aliphatic carbocycles. The van der Waals surface area contributed by atoms with Crippen LogP contribution < -0.4 is 0 Å². The first kappa shape index (κ1) is 22.1. The predicted octanol–water partition coefficient (Wildman–Crippen LogP) is 0.932. The number of piperazine rings is 1. The van der Waals surface area contributed by atoms with Crippen molar-refractivity contribution in [3.63, 3.8) is 0 Å². The summed E-state index contributed by atoms with van der Waals surface area (Å²) >= 11 is 0. The summed E-state index contributed by atoms with van der Waals surface area (Å²) in [6.45, 7) is 5.90. The molecular formula is C20H31FN4O3S. The van der Waals surface area contributed by atoms with Crippen molar-refractivity contribution in [3.8, 4) is 0 Å². The number of rotatable bonds is 6. The number of sulfonamides is 1. The summed E-state index contributed by atoms with van der Waals surface area (Å²) in [5.74, 6) is -0.436. The lowest BCUT2D eigenvalue weighted by molar-refractivity contribution is -0.138. The summed E-state index contributed by atoms with van der Waals surface area (Å²) < 4.78 is 39.9. The van der Waals surface area contributed by atoms with Crippen LogP contribution in [0.5, 0.6) is 0 Å². The van der Waals surface area contributed by atoms with Gasteiger partial charge >= 0.3 is 0 Å². The molecule has 0 N–H and O–H groups in total. The van der Waals surface area contributed by atoms with Crippen LogP contribution in [0.15, 0.2) is 29.2 Å². The fourth-order valence-corrected chi connectivity index (χ4v) is 5.36. The number of benzene rings is 1. The normalized spacial score (nSPS) is 20.3. The highest BCUT2D eigenvalue weighted by Crippen LogP contribution is 2.25. The molecule has 0 saturated carbocycles. The lowest BCUT2D eigenvalue weighted by Crippen LogP contribution is -2.52. The molecule has 0 spiro atoms. The van der Waals surface area contributed by atoms with Gasteiger partial charge in [0.25, 0.3) is 0 Å². The third kappa shape index (κ3) is 5.53. The summed E-state index contributed by atoms with van der Waals surface area (Å²) in [6, 6.07) is 4.89. The molecule has 0 aromatic heterocycles. The maximum absolute atomic E-state index is 13.1. The van der Waals surface area contributed by atoms with E-state index >= 15 is 0 Å². The second kappa shape index (κ2) is 9.51. The SMILES string of the molecule is CN(C)CCN1CCN(C(=O)C2CCN(S(=O)(=O)c3ccc(F)cc3)CC2)CC1. The van der Waals surface area contributed by atoms with Crippen molar-refractivity contribution < 1.29 is 17.6 Å². The zero-order valence-electron chi connectivity index (χ0n) is 17.3. The molecule has 0 unspecified atom stereocenters. The van der Waals surface area contributed by atoms with Gasteiger partial charge in [0.15, 0.2) is 0 Å². The first-order chi connectivity index (χ1) is 13.8. The Labute approximate surface area is 173 Å². The second-order valence-electron chi connectivity index (χ2n) is 8.10. The van der Waals surface area contributed by atoms with E-state index in [0.29, 0.717) is 25.9 Å². The maximum Gasteiger partial charge on any atom is 0.243 e. The van der Waals surface area contributed by atoms with Gasteiger partial charge in [-0.15, -0.1) is 0 Å². The van der Waals surface area contributed by atoms with E-state index < -0.39 is 15.8 Å². The van der Waals surface area contributed by atoms with Crippen molar-refractivity contribution in [3.05, 3.63) is 30.1 Å². The van der Waals surface area contributed by atoms with Crippen molar-refractivity contribution in [2.45, 2.75) is 17.7 Å². The van der Waals surface area contributed by atoms with Crippen molar-refractivity contribution in [2.24, 2.45) is 5.92 Å². The highest BCUT2D eigenvalue weighted by molar-refractivity contribution is 7.89. The van der Waals surface area contributed by atoms with Crippen molar-refractivity contribution >= 4 is 15.9 Å². The number of amides is 1. The molecule has 0 atom stereocenters. The van der Waals surface area contributed by atoms with Crippen LogP contribution in [-0.4, -0.2) is 99.8 Å². The van der Waals surface area contributed by atoms with E-state index in [1.54, 1.807) is 0 Å². The van der Waals surface area contributed by atoms with Crippen molar-refractivity contribution in [2.75, 3.05) is 66.5 Å². The van der Waals surface area contributed by atoms with Gasteiger partial charge < -0.3 is 9.80 Å². The Bertz CT molecular complexity index is 784. The molecule has 1 aromatic rings. The molecule has 29 heavy (non-hydrogen) atoms. The number of halogens is 1. The van der Waals surface area contributed by atoms with Crippen LogP contribution in [-0.2, 0) is 14.8 Å². The van der Waals surface area contributed by atoms with Gasteiger partial charge in [-0.2, -0.15) is 4.31 Å². The van der Waals surface area contributed by atoms with E-state index in [-0.39, 0.29) is 16.7 Å². The van der Waals surface area contributed by atoms with Gasteiger partial charge in [0.2, 0.25) is 15.9 Å². The lowest BCUT2D eigenvalue weighted by Gasteiger charge is -2.38. The summed E-state index contributed by atoms with van der Waals surface area (Å²) in [7, 11) is 0.474. The predicted molar refractivity (Wildman–Crippen MR) is 109 cm³/mol. The quantitative estimate of drug-likeness (QED) is 0.677. The van der Waals surface area contributed by atoms with Gasteiger partial charge in [0.05, 0.1) is 4.90 Å². The highest BCUT2D eigenvalue weighted by atomic mass is 32.2. The molecule has 1 aromatic carbocycles. The van der Waals surface area contributed by atoms with E-state index in [4.69, 9.17) is 0 Å². The van der Waals surface area contributed by atoms with E-state index in [1.165, 1.54) is 16.4 Å². The minimum Gasteiger partial charge on any atom is -0.340 e. The van der Waals surface area contributed by atoms with Gasteiger partial charge in [0.1, 0.15) is 5.82 Å². The molecule has 0 radical (unpaired) electrons. The smallest absolute Gasteiger partial charge is 0.243 e. The number of carbonyl (C=O) groups excluding carboxylic acids is 1. The average Bonchev–Trinajstić information content (AvgIpc) is 2.72. The Morgan fingerprint density at radius 1 is 1.03 bits per heavy atom. The molecule has 9 heteroatoms. The van der Waals surface area contributed by atoms with Crippen LogP contribution >= 0.6 is 0 Å². The Balaban J connectivity index is 1.49. The molecular weight excluding hydrogens is 395 g/mol. The molecule has 162 valence electrons. The fraction of sp³-hybridized carbons (Fsp3) is 0.650. The second-order valence-corrected chi connectivity index (χ2v) is 10.0. The summed E-state index contributed by atoms with van der Waals surface area (Å²) in [6.07, 6.45) is 1.06. The van der Waals surface area contributed by atoms with Gasteiger partial charge in [0, 0.05) is 58.3 Å². The summed E-state index contributed by atoms with van der Waals surface area (Å²) in [5, 5.41) is 0. The minimum absolute atomic E-state index is 0.0949. The molecule has 2 heterocycles. The van der Waals surface area contributed by atoms with Crippen LogP contribution in [0, 0.1) is 11.7 Å². The molecule has 0 bridgehead atoms. The number of nitrogens with zero attached hydrogens (tertiary/aromatic N) is 4. The van der Waals surface area contributed by atoms with Gasteiger partial charge in [-0.3, -0.25) is 9.69 Å². The van der Waals surface area contributed by atoms with E-state index in [9.17, 15) is 17.6 Å². The average molecular weight is 427 g/mol. The topological polar surface area (TPSA) is 64.2 Å². The minimum atomic E-state index is -3.64. The Morgan fingerprint density at radius 3 is 2.17 bits per heavy atom. The third-order valence-corrected chi connectivity index (χ3v) is 7.71. The Hall–Kier alpha value is -1.55. The fourth-order valence-electron chi connectivity index (χ4n) is 3.89. The molecule has 2 saturated heterocycles.